The number of aliphatic hydroxyl groups excluding tert-OH is 1. The lowest BCUT2D eigenvalue weighted by atomic mass is 9.92. The summed E-state index contributed by atoms with van der Waals surface area (Å²) in [5.74, 6) is -0.116. The zero-order valence-corrected chi connectivity index (χ0v) is 18.0. The number of amides is 1. The molecule has 1 amide bonds. The molecule has 1 aliphatic rings. The van der Waals surface area contributed by atoms with E-state index in [1.54, 1.807) is 32.8 Å². The highest BCUT2D eigenvalue weighted by Gasteiger charge is 2.25. The van der Waals surface area contributed by atoms with Crippen LogP contribution in [0.1, 0.15) is 54.6 Å². The lowest BCUT2D eigenvalue weighted by Crippen LogP contribution is -2.39. The average Bonchev–Trinajstić information content (AvgIpc) is 3.44. The smallest absolute Gasteiger partial charge is 0.253 e. The topological polar surface area (TPSA) is 101 Å². The Hall–Kier alpha value is -2.68. The van der Waals surface area contributed by atoms with Gasteiger partial charge in [-0.25, -0.2) is 4.98 Å². The molecule has 0 aliphatic heterocycles. The van der Waals surface area contributed by atoms with E-state index in [1.807, 2.05) is 22.9 Å². The maximum Gasteiger partial charge on any atom is 0.253 e. The van der Waals surface area contributed by atoms with Gasteiger partial charge in [-0.2, -0.15) is 0 Å². The Kier molecular flexibility index (Phi) is 6.70. The van der Waals surface area contributed by atoms with Crippen molar-refractivity contribution in [3.8, 4) is 5.69 Å². The predicted octanol–water partition coefficient (Wildman–Crippen LogP) is 3.11. The van der Waals surface area contributed by atoms with Crippen molar-refractivity contribution in [1.29, 1.82) is 0 Å². The summed E-state index contributed by atoms with van der Waals surface area (Å²) in [6.07, 6.45) is 10.2. The van der Waals surface area contributed by atoms with E-state index in [4.69, 9.17) is 9.47 Å². The van der Waals surface area contributed by atoms with Crippen LogP contribution in [0.25, 0.3) is 16.6 Å². The van der Waals surface area contributed by atoms with Gasteiger partial charge in [0.2, 0.25) is 0 Å². The molecule has 0 saturated heterocycles. The largest absolute Gasteiger partial charge is 0.389 e. The Morgan fingerprint density at radius 3 is 2.81 bits per heavy atom. The van der Waals surface area contributed by atoms with E-state index in [-0.39, 0.29) is 18.1 Å². The summed E-state index contributed by atoms with van der Waals surface area (Å²) >= 11 is 0. The summed E-state index contributed by atoms with van der Waals surface area (Å²) in [5.41, 5.74) is 2.88. The minimum Gasteiger partial charge on any atom is -0.389 e. The van der Waals surface area contributed by atoms with Crippen LogP contribution in [0.15, 0.2) is 37.1 Å². The third-order valence-electron chi connectivity index (χ3n) is 5.95. The fourth-order valence-corrected chi connectivity index (χ4v) is 4.26. The molecule has 8 nitrogen and oxygen atoms in total. The Bertz CT molecular complexity index is 1000. The zero-order valence-electron chi connectivity index (χ0n) is 18.0. The van der Waals surface area contributed by atoms with E-state index in [9.17, 15) is 9.90 Å². The average molecular weight is 427 g/mol. The molecule has 4 rings (SSSR count). The second-order valence-corrected chi connectivity index (χ2v) is 8.12. The number of nitrogens with one attached hydrogen (secondary N) is 2. The quantitative estimate of drug-likeness (QED) is 0.481. The fourth-order valence-electron chi connectivity index (χ4n) is 4.26. The van der Waals surface area contributed by atoms with Gasteiger partial charge < -0.3 is 29.4 Å². The number of H-pyrrole nitrogens is 1. The van der Waals surface area contributed by atoms with Crippen LogP contribution >= 0.6 is 0 Å². The number of carbonyl (C=O) groups excluding carboxylic acids is 1. The highest BCUT2D eigenvalue weighted by molar-refractivity contribution is 6.07. The van der Waals surface area contributed by atoms with Crippen molar-refractivity contribution in [2.75, 3.05) is 20.3 Å². The number of rotatable bonds is 8. The van der Waals surface area contributed by atoms with Crippen molar-refractivity contribution in [3.63, 3.8) is 0 Å². The van der Waals surface area contributed by atoms with Crippen LogP contribution in [0.3, 0.4) is 0 Å². The lowest BCUT2D eigenvalue weighted by molar-refractivity contribution is -0.00408. The normalized spacial score (nSPS) is 20.1. The molecule has 1 aromatic carbocycles. The second-order valence-electron chi connectivity index (χ2n) is 8.12. The zero-order chi connectivity index (χ0) is 21.8. The van der Waals surface area contributed by atoms with E-state index in [0.717, 1.165) is 47.8 Å². The van der Waals surface area contributed by atoms with Crippen molar-refractivity contribution in [1.82, 2.24) is 19.9 Å². The Morgan fingerprint density at radius 1 is 1.32 bits per heavy atom. The Morgan fingerprint density at radius 2 is 2.13 bits per heavy atom. The number of imidazole rings is 1. The van der Waals surface area contributed by atoms with Crippen LogP contribution in [0.4, 0.5) is 0 Å². The van der Waals surface area contributed by atoms with Gasteiger partial charge in [-0.3, -0.25) is 4.79 Å². The van der Waals surface area contributed by atoms with E-state index in [2.05, 4.69) is 15.3 Å². The van der Waals surface area contributed by atoms with Gasteiger partial charge in [-0.1, -0.05) is 0 Å². The molecule has 0 radical (unpaired) electrons. The van der Waals surface area contributed by atoms with E-state index in [0.29, 0.717) is 18.8 Å². The van der Waals surface area contributed by atoms with Crippen molar-refractivity contribution in [2.45, 2.75) is 50.9 Å². The first-order valence-electron chi connectivity index (χ1n) is 10.8. The van der Waals surface area contributed by atoms with Gasteiger partial charge in [0.25, 0.3) is 5.91 Å². The van der Waals surface area contributed by atoms with Crippen LogP contribution < -0.4 is 5.32 Å². The van der Waals surface area contributed by atoms with Gasteiger partial charge in [-0.15, -0.1) is 0 Å². The molecule has 2 heterocycles. The SMILES string of the molecule is COCCOC1CCC(NC(=O)c2cc(-n3ccnc3)cc3c([C@H](C)O)c[nH]c23)CC1. The number of carbonyl (C=O) groups is 1. The maximum absolute atomic E-state index is 13.3. The predicted molar refractivity (Wildman–Crippen MR) is 117 cm³/mol. The summed E-state index contributed by atoms with van der Waals surface area (Å²) in [5, 5.41) is 14.2. The number of fused-ring (bicyclic) bond motifs is 1. The number of hydrogen-bond acceptors (Lipinski definition) is 5. The molecule has 1 fully saturated rings. The van der Waals surface area contributed by atoms with Gasteiger partial charge in [-0.05, 0) is 44.7 Å². The van der Waals surface area contributed by atoms with E-state index in [1.165, 1.54) is 0 Å². The first kappa shape index (κ1) is 21.5. The third kappa shape index (κ3) is 4.81. The number of benzene rings is 1. The first-order chi connectivity index (χ1) is 15.1. The molecule has 166 valence electrons. The van der Waals surface area contributed by atoms with Gasteiger partial charge in [0.15, 0.2) is 0 Å². The molecule has 3 N–H and O–H groups in total. The van der Waals surface area contributed by atoms with Gasteiger partial charge in [0, 0.05) is 48.4 Å². The molecule has 0 spiro atoms. The van der Waals surface area contributed by atoms with Crippen molar-refractivity contribution in [2.24, 2.45) is 0 Å². The summed E-state index contributed by atoms with van der Waals surface area (Å²) in [6, 6.07) is 3.95. The monoisotopic (exact) mass is 426 g/mol. The fraction of sp³-hybridized carbons (Fsp3) is 0.478. The molecule has 3 aromatic rings. The van der Waals surface area contributed by atoms with E-state index >= 15 is 0 Å². The van der Waals surface area contributed by atoms with Gasteiger partial charge >= 0.3 is 0 Å². The molecule has 31 heavy (non-hydrogen) atoms. The summed E-state index contributed by atoms with van der Waals surface area (Å²) in [6.45, 7) is 2.93. The van der Waals surface area contributed by atoms with Gasteiger partial charge in [0.05, 0.1) is 42.8 Å². The van der Waals surface area contributed by atoms with Crippen molar-refractivity contribution >= 4 is 16.8 Å². The highest BCUT2D eigenvalue weighted by atomic mass is 16.5. The Balaban J connectivity index is 1.53. The van der Waals surface area contributed by atoms with Gasteiger partial charge in [0.1, 0.15) is 0 Å². The molecule has 1 saturated carbocycles. The molecule has 0 bridgehead atoms. The molecule has 1 atom stereocenters. The van der Waals surface area contributed by atoms with E-state index < -0.39 is 6.10 Å². The van der Waals surface area contributed by atoms with Crippen molar-refractivity contribution in [3.05, 3.63) is 48.2 Å². The first-order valence-corrected chi connectivity index (χ1v) is 10.8. The number of ether oxygens (including phenoxy) is 2. The van der Waals surface area contributed by atoms with Crippen molar-refractivity contribution < 1.29 is 19.4 Å². The summed E-state index contributed by atoms with van der Waals surface area (Å²) in [7, 11) is 1.67. The number of methoxy groups -OCH3 is 1. The number of hydrogen-bond donors (Lipinski definition) is 3. The number of nitrogens with zero attached hydrogens (tertiary/aromatic N) is 2. The van der Waals surface area contributed by atoms with Crippen LogP contribution in [0.2, 0.25) is 0 Å². The number of aliphatic hydroxyl groups is 1. The Labute approximate surface area is 181 Å². The van der Waals surface area contributed by atoms with Crippen LogP contribution in [0, 0.1) is 0 Å². The minimum absolute atomic E-state index is 0.116. The molecule has 8 heteroatoms. The van der Waals surface area contributed by atoms with Crippen LogP contribution in [0.5, 0.6) is 0 Å². The maximum atomic E-state index is 13.3. The molecule has 1 aliphatic carbocycles. The summed E-state index contributed by atoms with van der Waals surface area (Å²) < 4.78 is 12.7. The highest BCUT2D eigenvalue weighted by Crippen LogP contribution is 2.30. The molecule has 2 aromatic heterocycles. The van der Waals surface area contributed by atoms with Crippen LogP contribution in [-0.2, 0) is 9.47 Å². The number of aromatic nitrogens is 3. The number of aromatic amines is 1. The molecule has 0 unspecified atom stereocenters. The lowest BCUT2D eigenvalue weighted by Gasteiger charge is -2.29. The third-order valence-corrected chi connectivity index (χ3v) is 5.95. The second kappa shape index (κ2) is 9.64. The summed E-state index contributed by atoms with van der Waals surface area (Å²) in [4.78, 5) is 20.6. The standard InChI is InChI=1S/C23H30N4O4/c1-15(28)21-13-25-22-19(21)11-17(27-8-7-24-14-27)12-20(22)23(29)26-16-3-5-18(6-4-16)31-10-9-30-2/h7-8,11-16,18,25,28H,3-6,9-10H2,1-2H3,(H,26,29)/t15-,16?,18?/m0/s1. The minimum atomic E-state index is -0.643. The molecular weight excluding hydrogens is 396 g/mol. The molecular formula is C23H30N4O4. The van der Waals surface area contributed by atoms with Crippen LogP contribution in [-0.4, -0.2) is 58.0 Å².